The number of carbonyl (C=O) groups excluding carboxylic acids is 1. The number of aromatic nitrogens is 1. The number of hydrogen-bond acceptors (Lipinski definition) is 7. The van der Waals surface area contributed by atoms with Crippen molar-refractivity contribution in [3.63, 3.8) is 0 Å². The van der Waals surface area contributed by atoms with E-state index in [-0.39, 0.29) is 29.9 Å². The first-order valence-corrected chi connectivity index (χ1v) is 9.30. The van der Waals surface area contributed by atoms with Gasteiger partial charge in [0.1, 0.15) is 0 Å². The summed E-state index contributed by atoms with van der Waals surface area (Å²) in [6.45, 7) is 0.761. The van der Waals surface area contributed by atoms with Crippen molar-refractivity contribution in [2.24, 2.45) is 0 Å². The summed E-state index contributed by atoms with van der Waals surface area (Å²) in [5.74, 6) is 0.0270. The van der Waals surface area contributed by atoms with Crippen LogP contribution in [0, 0.1) is 0 Å². The highest BCUT2D eigenvalue weighted by molar-refractivity contribution is 7.91. The van der Waals surface area contributed by atoms with Crippen LogP contribution in [-0.2, 0) is 25.8 Å². The quantitative estimate of drug-likeness (QED) is 0.782. The maximum absolute atomic E-state index is 12.4. The molecule has 1 aromatic rings. The predicted molar refractivity (Wildman–Crippen MR) is 80.9 cm³/mol. The molecule has 0 aliphatic carbocycles. The molecule has 0 spiro atoms. The van der Waals surface area contributed by atoms with E-state index >= 15 is 0 Å². The van der Waals surface area contributed by atoms with Crippen molar-refractivity contribution in [2.75, 3.05) is 37.5 Å². The highest BCUT2D eigenvalue weighted by Gasteiger charge is 2.34. The molecule has 2 N–H and O–H groups in total. The van der Waals surface area contributed by atoms with E-state index in [1.54, 1.807) is 17.4 Å². The van der Waals surface area contributed by atoms with E-state index in [1.165, 1.54) is 11.3 Å². The van der Waals surface area contributed by atoms with Crippen molar-refractivity contribution in [2.45, 2.75) is 18.9 Å². The number of rotatable bonds is 6. The highest BCUT2D eigenvalue weighted by atomic mass is 32.2. The zero-order chi connectivity index (χ0) is 15.5. The lowest BCUT2D eigenvalue weighted by Crippen LogP contribution is -2.43. The van der Waals surface area contributed by atoms with Crippen LogP contribution in [-0.4, -0.2) is 62.0 Å². The first kappa shape index (κ1) is 16.2. The van der Waals surface area contributed by atoms with Crippen LogP contribution in [0.4, 0.5) is 5.13 Å². The maximum atomic E-state index is 12.4. The first-order chi connectivity index (χ1) is 9.91. The van der Waals surface area contributed by atoms with Gasteiger partial charge in [-0.2, -0.15) is 0 Å². The molecule has 1 unspecified atom stereocenters. The van der Waals surface area contributed by atoms with Gasteiger partial charge in [-0.3, -0.25) is 4.79 Å². The summed E-state index contributed by atoms with van der Waals surface area (Å²) < 4.78 is 28.2. The van der Waals surface area contributed by atoms with Crippen LogP contribution in [0.2, 0.25) is 0 Å². The fourth-order valence-corrected chi connectivity index (χ4v) is 4.68. The molecule has 1 aromatic heterocycles. The molecule has 0 aromatic carbocycles. The highest BCUT2D eigenvalue weighted by Crippen LogP contribution is 2.19. The number of ether oxygens (including phenoxy) is 1. The van der Waals surface area contributed by atoms with Crippen LogP contribution >= 0.6 is 11.3 Å². The minimum absolute atomic E-state index is 0.0294. The summed E-state index contributed by atoms with van der Waals surface area (Å²) in [5, 5.41) is 2.16. The molecular weight excluding hydrogens is 314 g/mol. The molecule has 2 rings (SSSR count). The summed E-state index contributed by atoms with van der Waals surface area (Å²) in [5.41, 5.74) is 6.17. The number of carbonyl (C=O) groups is 1. The van der Waals surface area contributed by atoms with Crippen LogP contribution in [0.5, 0.6) is 0 Å². The van der Waals surface area contributed by atoms with Crippen LogP contribution in [0.15, 0.2) is 5.38 Å². The standard InChI is InChI=1S/C12H19N3O4S2/c1-19-4-3-15(10-2-5-21(17,18)8-10)11(16)6-9-7-20-12(13)14-9/h7,10H,2-6,8H2,1H3,(H2,13,14). The minimum Gasteiger partial charge on any atom is -0.383 e. The lowest BCUT2D eigenvalue weighted by atomic mass is 10.2. The monoisotopic (exact) mass is 333 g/mol. The van der Waals surface area contributed by atoms with Crippen LogP contribution < -0.4 is 5.73 Å². The molecule has 1 amide bonds. The number of methoxy groups -OCH3 is 1. The van der Waals surface area contributed by atoms with Gasteiger partial charge in [0.15, 0.2) is 15.0 Å². The van der Waals surface area contributed by atoms with Crippen molar-refractivity contribution in [3.05, 3.63) is 11.1 Å². The van der Waals surface area contributed by atoms with Crippen LogP contribution in [0.25, 0.3) is 0 Å². The van der Waals surface area contributed by atoms with Gasteiger partial charge in [0.25, 0.3) is 0 Å². The number of nitrogen functional groups attached to an aromatic ring is 1. The second-order valence-electron chi connectivity index (χ2n) is 4.99. The molecule has 2 heterocycles. The number of thiazole rings is 1. The van der Waals surface area contributed by atoms with E-state index in [9.17, 15) is 13.2 Å². The Hall–Kier alpha value is -1.19. The zero-order valence-electron chi connectivity index (χ0n) is 11.8. The summed E-state index contributed by atoms with van der Waals surface area (Å²) in [6.07, 6.45) is 0.616. The molecule has 9 heteroatoms. The Labute approximate surface area is 128 Å². The fourth-order valence-electron chi connectivity index (χ4n) is 2.38. The van der Waals surface area contributed by atoms with Gasteiger partial charge in [-0.15, -0.1) is 11.3 Å². The molecule has 0 radical (unpaired) electrons. The maximum Gasteiger partial charge on any atom is 0.228 e. The Bertz CT molecular complexity index is 599. The van der Waals surface area contributed by atoms with Crippen molar-refractivity contribution >= 4 is 32.2 Å². The van der Waals surface area contributed by atoms with Gasteiger partial charge in [-0.1, -0.05) is 0 Å². The SMILES string of the molecule is COCCN(C(=O)Cc1csc(N)n1)C1CCS(=O)(=O)C1. The number of sulfone groups is 1. The molecule has 1 fully saturated rings. The van der Waals surface area contributed by atoms with Gasteiger partial charge in [0, 0.05) is 25.1 Å². The minimum atomic E-state index is -3.04. The van der Waals surface area contributed by atoms with E-state index in [0.717, 1.165) is 0 Å². The van der Waals surface area contributed by atoms with Crippen molar-refractivity contribution in [1.82, 2.24) is 9.88 Å². The van der Waals surface area contributed by atoms with E-state index in [0.29, 0.717) is 30.4 Å². The average Bonchev–Trinajstić information content (AvgIpc) is 2.96. The van der Waals surface area contributed by atoms with Crippen LogP contribution in [0.3, 0.4) is 0 Å². The molecule has 118 valence electrons. The number of hydrogen-bond donors (Lipinski definition) is 1. The van der Waals surface area contributed by atoms with Crippen molar-refractivity contribution in [1.29, 1.82) is 0 Å². The second-order valence-corrected chi connectivity index (χ2v) is 8.11. The molecule has 1 saturated heterocycles. The third-order valence-corrected chi connectivity index (χ3v) is 5.88. The molecule has 7 nitrogen and oxygen atoms in total. The van der Waals surface area contributed by atoms with Gasteiger partial charge in [-0.25, -0.2) is 13.4 Å². The molecule has 0 saturated carbocycles. The smallest absolute Gasteiger partial charge is 0.228 e. The number of nitrogens with zero attached hydrogens (tertiary/aromatic N) is 2. The average molecular weight is 333 g/mol. The molecule has 0 bridgehead atoms. The Kier molecular flexibility index (Phi) is 5.17. The van der Waals surface area contributed by atoms with Crippen LogP contribution in [0.1, 0.15) is 12.1 Å². The molecule has 1 atom stereocenters. The zero-order valence-corrected chi connectivity index (χ0v) is 13.5. The largest absolute Gasteiger partial charge is 0.383 e. The Balaban J connectivity index is 2.06. The molecule has 1 aliphatic rings. The van der Waals surface area contributed by atoms with Crippen molar-refractivity contribution in [3.8, 4) is 0 Å². The van der Waals surface area contributed by atoms with E-state index in [2.05, 4.69) is 4.98 Å². The Morgan fingerprint density at radius 1 is 1.62 bits per heavy atom. The van der Waals surface area contributed by atoms with E-state index in [4.69, 9.17) is 10.5 Å². The van der Waals surface area contributed by atoms with Gasteiger partial charge >= 0.3 is 0 Å². The van der Waals surface area contributed by atoms with Crippen molar-refractivity contribution < 1.29 is 17.9 Å². The van der Waals surface area contributed by atoms with E-state index < -0.39 is 9.84 Å². The van der Waals surface area contributed by atoms with Gasteiger partial charge in [-0.05, 0) is 6.42 Å². The summed E-state index contributed by atoms with van der Waals surface area (Å²) in [6, 6.07) is -0.270. The Morgan fingerprint density at radius 2 is 2.38 bits per heavy atom. The lowest BCUT2D eigenvalue weighted by molar-refractivity contribution is -0.133. The fraction of sp³-hybridized carbons (Fsp3) is 0.667. The summed E-state index contributed by atoms with van der Waals surface area (Å²) >= 11 is 1.28. The van der Waals surface area contributed by atoms with Gasteiger partial charge in [0.05, 0.1) is 30.2 Å². The third-order valence-electron chi connectivity index (χ3n) is 3.41. The van der Waals surface area contributed by atoms with E-state index in [1.807, 2.05) is 0 Å². The molecule has 21 heavy (non-hydrogen) atoms. The topological polar surface area (TPSA) is 103 Å². The second kappa shape index (κ2) is 6.71. The molecule has 1 aliphatic heterocycles. The molecular formula is C12H19N3O4S2. The summed E-state index contributed by atoms with van der Waals surface area (Å²) in [4.78, 5) is 18.1. The van der Waals surface area contributed by atoms with Gasteiger partial charge in [0.2, 0.25) is 5.91 Å². The normalized spacial score (nSPS) is 20.5. The van der Waals surface area contributed by atoms with Gasteiger partial charge < -0.3 is 15.4 Å². The first-order valence-electron chi connectivity index (χ1n) is 6.60. The number of amides is 1. The predicted octanol–water partition coefficient (Wildman–Crippen LogP) is -0.0701. The summed E-state index contributed by atoms with van der Waals surface area (Å²) in [7, 11) is -1.49. The third kappa shape index (κ3) is 4.39. The number of nitrogens with two attached hydrogens (primary N) is 1. The number of anilines is 1. The Morgan fingerprint density at radius 3 is 2.90 bits per heavy atom. The lowest BCUT2D eigenvalue weighted by Gasteiger charge is -2.27.